The van der Waals surface area contributed by atoms with Crippen LogP contribution in [0, 0.1) is 16.0 Å². The molecule has 1 aromatic carbocycles. The van der Waals surface area contributed by atoms with Gasteiger partial charge in [-0.25, -0.2) is 4.79 Å². The molecule has 0 saturated carbocycles. The molecule has 27 heavy (non-hydrogen) atoms. The van der Waals surface area contributed by atoms with Gasteiger partial charge in [0, 0.05) is 25.2 Å². The summed E-state index contributed by atoms with van der Waals surface area (Å²) in [4.78, 5) is 36.7. The summed E-state index contributed by atoms with van der Waals surface area (Å²) in [6, 6.07) is 4.13. The molecule has 9 heteroatoms. The number of anilines is 1. The number of esters is 1. The highest BCUT2D eigenvalue weighted by atomic mass is 16.6. The minimum atomic E-state index is -0.779. The SMILES string of the molecule is CC(C)[C@@H](C)NC(=O)COC(=O)c1ccc(N2CCOCC2)c([N+](=O)[O-])c1. The molecule has 1 atom stereocenters. The third-order valence-corrected chi connectivity index (χ3v) is 4.48. The number of benzene rings is 1. The maximum atomic E-state index is 12.2. The van der Waals surface area contributed by atoms with Crippen LogP contribution in [0.5, 0.6) is 0 Å². The molecule has 0 unspecified atom stereocenters. The predicted octanol–water partition coefficient (Wildman–Crippen LogP) is 1.75. The largest absolute Gasteiger partial charge is 0.452 e. The number of carbonyl (C=O) groups excluding carboxylic acids is 2. The molecule has 9 nitrogen and oxygen atoms in total. The van der Waals surface area contributed by atoms with Gasteiger partial charge in [-0.1, -0.05) is 13.8 Å². The van der Waals surface area contributed by atoms with E-state index in [1.165, 1.54) is 18.2 Å². The second kappa shape index (κ2) is 9.31. The van der Waals surface area contributed by atoms with Crippen molar-refractivity contribution in [1.29, 1.82) is 0 Å². The lowest BCUT2D eigenvalue weighted by atomic mass is 10.1. The number of ether oxygens (including phenoxy) is 2. The summed E-state index contributed by atoms with van der Waals surface area (Å²) < 4.78 is 10.2. The molecule has 2 rings (SSSR count). The number of nitrogens with one attached hydrogen (secondary N) is 1. The Morgan fingerprint density at radius 1 is 1.30 bits per heavy atom. The van der Waals surface area contributed by atoms with Gasteiger partial charge < -0.3 is 19.7 Å². The fourth-order valence-corrected chi connectivity index (χ4v) is 2.54. The highest BCUT2D eigenvalue weighted by Crippen LogP contribution is 2.30. The van der Waals surface area contributed by atoms with Crippen LogP contribution in [0.25, 0.3) is 0 Å². The average molecular weight is 379 g/mol. The summed E-state index contributed by atoms with van der Waals surface area (Å²) in [6.45, 7) is 7.42. The van der Waals surface area contributed by atoms with Gasteiger partial charge in [-0.2, -0.15) is 0 Å². The van der Waals surface area contributed by atoms with Crippen molar-refractivity contribution in [3.05, 3.63) is 33.9 Å². The molecule has 1 amide bonds. The monoisotopic (exact) mass is 379 g/mol. The van der Waals surface area contributed by atoms with Crippen LogP contribution in [0.2, 0.25) is 0 Å². The summed E-state index contributed by atoms with van der Waals surface area (Å²) in [6.07, 6.45) is 0. The van der Waals surface area contributed by atoms with E-state index in [-0.39, 0.29) is 23.2 Å². The molecule has 0 spiro atoms. The van der Waals surface area contributed by atoms with Crippen molar-refractivity contribution in [2.24, 2.45) is 5.92 Å². The summed E-state index contributed by atoms with van der Waals surface area (Å²) in [5.41, 5.74) is 0.288. The number of nitro benzene ring substituents is 1. The first kappa shape index (κ1) is 20.6. The third kappa shape index (κ3) is 5.65. The van der Waals surface area contributed by atoms with Gasteiger partial charge in [0.1, 0.15) is 5.69 Å². The lowest BCUT2D eigenvalue weighted by Crippen LogP contribution is -2.38. The number of hydrogen-bond acceptors (Lipinski definition) is 7. The van der Waals surface area contributed by atoms with Gasteiger partial charge in [0.15, 0.2) is 6.61 Å². The second-order valence-electron chi connectivity index (χ2n) is 6.74. The first-order chi connectivity index (χ1) is 12.8. The van der Waals surface area contributed by atoms with E-state index in [0.717, 1.165) is 0 Å². The molecule has 1 aliphatic heterocycles. The van der Waals surface area contributed by atoms with Crippen molar-refractivity contribution in [1.82, 2.24) is 5.32 Å². The molecule has 1 saturated heterocycles. The highest BCUT2D eigenvalue weighted by Gasteiger charge is 2.24. The smallest absolute Gasteiger partial charge is 0.338 e. The third-order valence-electron chi connectivity index (χ3n) is 4.48. The van der Waals surface area contributed by atoms with Crippen molar-refractivity contribution in [2.45, 2.75) is 26.8 Å². The minimum absolute atomic E-state index is 0.0309. The fraction of sp³-hybridized carbons (Fsp3) is 0.556. The van der Waals surface area contributed by atoms with Crippen molar-refractivity contribution in [2.75, 3.05) is 37.8 Å². The number of nitro groups is 1. The maximum absolute atomic E-state index is 12.2. The molecule has 1 heterocycles. The molecule has 0 bridgehead atoms. The van der Waals surface area contributed by atoms with Gasteiger partial charge in [0.2, 0.25) is 0 Å². The summed E-state index contributed by atoms with van der Waals surface area (Å²) in [5, 5.41) is 14.1. The number of morpholine rings is 1. The Morgan fingerprint density at radius 2 is 1.96 bits per heavy atom. The van der Waals surface area contributed by atoms with E-state index in [2.05, 4.69) is 5.32 Å². The van der Waals surface area contributed by atoms with Crippen LogP contribution in [-0.2, 0) is 14.3 Å². The number of nitrogens with zero attached hydrogens (tertiary/aromatic N) is 2. The van der Waals surface area contributed by atoms with Gasteiger partial charge in [0.25, 0.3) is 11.6 Å². The van der Waals surface area contributed by atoms with Crippen LogP contribution in [0.1, 0.15) is 31.1 Å². The fourth-order valence-electron chi connectivity index (χ4n) is 2.54. The van der Waals surface area contributed by atoms with E-state index >= 15 is 0 Å². The highest BCUT2D eigenvalue weighted by molar-refractivity contribution is 5.93. The quantitative estimate of drug-likeness (QED) is 0.436. The van der Waals surface area contributed by atoms with E-state index in [9.17, 15) is 19.7 Å². The minimum Gasteiger partial charge on any atom is -0.452 e. The number of hydrogen-bond donors (Lipinski definition) is 1. The lowest BCUT2D eigenvalue weighted by molar-refractivity contribution is -0.384. The Morgan fingerprint density at radius 3 is 2.56 bits per heavy atom. The van der Waals surface area contributed by atoms with Crippen LogP contribution in [0.15, 0.2) is 18.2 Å². The molecule has 1 fully saturated rings. The van der Waals surface area contributed by atoms with Crippen molar-refractivity contribution in [3.8, 4) is 0 Å². The van der Waals surface area contributed by atoms with Crippen LogP contribution in [0.4, 0.5) is 11.4 Å². The topological polar surface area (TPSA) is 111 Å². The summed E-state index contributed by atoms with van der Waals surface area (Å²) in [5.74, 6) is -0.942. The Bertz CT molecular complexity index is 700. The molecular weight excluding hydrogens is 354 g/mol. The zero-order chi connectivity index (χ0) is 20.0. The van der Waals surface area contributed by atoms with E-state index in [4.69, 9.17) is 9.47 Å². The molecular formula is C18H25N3O6. The maximum Gasteiger partial charge on any atom is 0.338 e. The zero-order valence-corrected chi connectivity index (χ0v) is 15.8. The van der Waals surface area contributed by atoms with Gasteiger partial charge >= 0.3 is 5.97 Å². The average Bonchev–Trinajstić information content (AvgIpc) is 2.66. The molecule has 1 aromatic rings. The lowest BCUT2D eigenvalue weighted by Gasteiger charge is -2.28. The van der Waals surface area contributed by atoms with E-state index in [1.807, 2.05) is 25.7 Å². The van der Waals surface area contributed by atoms with Gasteiger partial charge in [-0.05, 0) is 25.0 Å². The van der Waals surface area contributed by atoms with Gasteiger partial charge in [0.05, 0.1) is 23.7 Å². The predicted molar refractivity (Wildman–Crippen MR) is 98.9 cm³/mol. The van der Waals surface area contributed by atoms with Gasteiger partial charge in [-0.15, -0.1) is 0 Å². The Kier molecular flexibility index (Phi) is 7.12. The Hall–Kier alpha value is -2.68. The number of amides is 1. The van der Waals surface area contributed by atoms with E-state index in [0.29, 0.717) is 32.0 Å². The molecule has 0 radical (unpaired) electrons. The van der Waals surface area contributed by atoms with Crippen LogP contribution in [-0.4, -0.2) is 55.8 Å². The van der Waals surface area contributed by atoms with Crippen LogP contribution in [0.3, 0.4) is 0 Å². The molecule has 1 N–H and O–H groups in total. The number of carbonyl (C=O) groups is 2. The Labute approximate surface area is 157 Å². The Balaban J connectivity index is 2.05. The first-order valence-electron chi connectivity index (χ1n) is 8.87. The normalized spacial score (nSPS) is 15.3. The summed E-state index contributed by atoms with van der Waals surface area (Å²) in [7, 11) is 0. The van der Waals surface area contributed by atoms with Crippen molar-refractivity contribution < 1.29 is 24.0 Å². The van der Waals surface area contributed by atoms with Gasteiger partial charge in [-0.3, -0.25) is 14.9 Å². The van der Waals surface area contributed by atoms with Crippen LogP contribution >= 0.6 is 0 Å². The molecule has 0 aromatic heterocycles. The van der Waals surface area contributed by atoms with Crippen LogP contribution < -0.4 is 10.2 Å². The molecule has 148 valence electrons. The summed E-state index contributed by atoms with van der Waals surface area (Å²) >= 11 is 0. The first-order valence-corrected chi connectivity index (χ1v) is 8.87. The van der Waals surface area contributed by atoms with E-state index < -0.39 is 23.4 Å². The zero-order valence-electron chi connectivity index (χ0n) is 15.8. The standard InChI is InChI=1S/C18H25N3O6/c1-12(2)13(3)19-17(22)11-27-18(23)14-4-5-15(16(10-14)21(24)25)20-6-8-26-9-7-20/h4-5,10,12-13H,6-9,11H2,1-3H3,(H,19,22)/t13-/m1/s1. The molecule has 1 aliphatic rings. The number of rotatable bonds is 7. The second-order valence-corrected chi connectivity index (χ2v) is 6.74. The van der Waals surface area contributed by atoms with Crippen molar-refractivity contribution in [3.63, 3.8) is 0 Å². The van der Waals surface area contributed by atoms with Crippen molar-refractivity contribution >= 4 is 23.3 Å². The van der Waals surface area contributed by atoms with E-state index in [1.54, 1.807) is 0 Å². The molecule has 0 aliphatic carbocycles.